The molecule has 0 fully saturated rings. The summed E-state index contributed by atoms with van der Waals surface area (Å²) in [7, 11) is 3.51. The van der Waals surface area contributed by atoms with Crippen LogP contribution in [0.3, 0.4) is 0 Å². The van der Waals surface area contributed by atoms with Gasteiger partial charge < -0.3 is 9.88 Å². The van der Waals surface area contributed by atoms with E-state index in [4.69, 9.17) is 0 Å². The molecular formula is C21H21N5O. The van der Waals surface area contributed by atoms with Crippen molar-refractivity contribution >= 4 is 16.9 Å². The van der Waals surface area contributed by atoms with E-state index in [1.54, 1.807) is 19.0 Å². The molecule has 136 valence electrons. The summed E-state index contributed by atoms with van der Waals surface area (Å²) in [5.74, 6) is -0.0138. The molecule has 0 spiro atoms. The molecule has 27 heavy (non-hydrogen) atoms. The predicted octanol–water partition coefficient (Wildman–Crippen LogP) is 3.82. The zero-order valence-electron chi connectivity index (χ0n) is 15.6. The molecule has 6 heteroatoms. The van der Waals surface area contributed by atoms with Crippen LogP contribution in [0.15, 0.2) is 55.0 Å². The number of nitrogens with one attached hydrogen (secondary N) is 1. The van der Waals surface area contributed by atoms with Gasteiger partial charge in [-0.2, -0.15) is 5.10 Å². The molecule has 0 bridgehead atoms. The van der Waals surface area contributed by atoms with E-state index >= 15 is 0 Å². The molecule has 3 heterocycles. The molecule has 0 saturated heterocycles. The first-order valence-corrected chi connectivity index (χ1v) is 8.90. The number of carbonyl (C=O) groups excluding carboxylic acids is 1. The molecular weight excluding hydrogens is 338 g/mol. The summed E-state index contributed by atoms with van der Waals surface area (Å²) in [6.45, 7) is 2.87. The van der Waals surface area contributed by atoms with E-state index < -0.39 is 0 Å². The highest BCUT2D eigenvalue weighted by Crippen LogP contribution is 2.31. The van der Waals surface area contributed by atoms with E-state index in [-0.39, 0.29) is 5.91 Å². The first-order chi connectivity index (χ1) is 13.1. The Bertz CT molecular complexity index is 1120. The van der Waals surface area contributed by atoms with Crippen LogP contribution in [0.1, 0.15) is 17.3 Å². The van der Waals surface area contributed by atoms with Crippen molar-refractivity contribution in [3.05, 3.63) is 60.6 Å². The number of hydrogen-bond donors (Lipinski definition) is 1. The molecule has 4 rings (SSSR count). The molecule has 0 aliphatic carbocycles. The van der Waals surface area contributed by atoms with Crippen LogP contribution in [0, 0.1) is 0 Å². The number of aryl methyl sites for hydroxylation is 1. The zero-order chi connectivity index (χ0) is 19.0. The monoisotopic (exact) mass is 359 g/mol. The fourth-order valence-electron chi connectivity index (χ4n) is 3.28. The molecule has 6 nitrogen and oxygen atoms in total. The van der Waals surface area contributed by atoms with E-state index in [1.165, 1.54) is 0 Å². The van der Waals surface area contributed by atoms with Gasteiger partial charge >= 0.3 is 0 Å². The molecule has 0 radical (unpaired) electrons. The van der Waals surface area contributed by atoms with E-state index in [0.717, 1.165) is 40.0 Å². The highest BCUT2D eigenvalue weighted by atomic mass is 16.2. The topological polar surface area (TPSA) is 66.8 Å². The second-order valence-electron chi connectivity index (χ2n) is 6.64. The Balaban J connectivity index is 1.82. The lowest BCUT2D eigenvalue weighted by atomic mass is 10.0. The van der Waals surface area contributed by atoms with Gasteiger partial charge in [0.05, 0.1) is 5.69 Å². The Kier molecular flexibility index (Phi) is 4.24. The molecule has 1 amide bonds. The van der Waals surface area contributed by atoms with E-state index in [9.17, 15) is 4.79 Å². The van der Waals surface area contributed by atoms with E-state index in [0.29, 0.717) is 5.56 Å². The number of carbonyl (C=O) groups is 1. The van der Waals surface area contributed by atoms with Gasteiger partial charge in [0.2, 0.25) is 0 Å². The van der Waals surface area contributed by atoms with Gasteiger partial charge in [-0.25, -0.2) is 4.98 Å². The van der Waals surface area contributed by atoms with Gasteiger partial charge in [-0.05, 0) is 36.8 Å². The number of rotatable bonds is 4. The molecule has 1 aromatic carbocycles. The van der Waals surface area contributed by atoms with Crippen LogP contribution >= 0.6 is 0 Å². The van der Waals surface area contributed by atoms with Crippen LogP contribution in [0.4, 0.5) is 0 Å². The quantitative estimate of drug-likeness (QED) is 0.602. The maximum atomic E-state index is 12.3. The van der Waals surface area contributed by atoms with Crippen molar-refractivity contribution in [3.63, 3.8) is 0 Å². The molecule has 0 aliphatic heterocycles. The number of pyridine rings is 1. The van der Waals surface area contributed by atoms with Gasteiger partial charge in [0, 0.05) is 61.3 Å². The summed E-state index contributed by atoms with van der Waals surface area (Å²) in [6.07, 6.45) is 5.61. The van der Waals surface area contributed by atoms with Crippen molar-refractivity contribution in [2.75, 3.05) is 14.1 Å². The van der Waals surface area contributed by atoms with Crippen LogP contribution in [-0.2, 0) is 6.54 Å². The van der Waals surface area contributed by atoms with Crippen LogP contribution in [0.5, 0.6) is 0 Å². The van der Waals surface area contributed by atoms with Crippen LogP contribution < -0.4 is 0 Å². The molecule has 0 unspecified atom stereocenters. The Labute approximate surface area is 157 Å². The fourth-order valence-corrected chi connectivity index (χ4v) is 3.28. The number of aromatic amines is 1. The van der Waals surface area contributed by atoms with Gasteiger partial charge in [-0.15, -0.1) is 0 Å². The Morgan fingerprint density at radius 1 is 1.19 bits per heavy atom. The second-order valence-corrected chi connectivity index (χ2v) is 6.64. The predicted molar refractivity (Wildman–Crippen MR) is 106 cm³/mol. The van der Waals surface area contributed by atoms with Crippen LogP contribution in [0.25, 0.3) is 33.4 Å². The Morgan fingerprint density at radius 3 is 2.81 bits per heavy atom. The normalized spacial score (nSPS) is 11.1. The van der Waals surface area contributed by atoms with Crippen molar-refractivity contribution in [1.82, 2.24) is 24.6 Å². The lowest BCUT2D eigenvalue weighted by molar-refractivity contribution is 0.0827. The smallest absolute Gasteiger partial charge is 0.253 e. The number of amides is 1. The number of nitrogens with zero attached hydrogens (tertiary/aromatic N) is 4. The van der Waals surface area contributed by atoms with Gasteiger partial charge in [0.25, 0.3) is 5.91 Å². The van der Waals surface area contributed by atoms with Crippen molar-refractivity contribution in [1.29, 1.82) is 0 Å². The minimum Gasteiger partial charge on any atom is -0.345 e. The van der Waals surface area contributed by atoms with Gasteiger partial charge in [-0.1, -0.05) is 12.1 Å². The van der Waals surface area contributed by atoms with Crippen LogP contribution in [-0.4, -0.2) is 44.7 Å². The van der Waals surface area contributed by atoms with Crippen molar-refractivity contribution in [2.45, 2.75) is 13.5 Å². The number of aromatic nitrogens is 4. The lowest BCUT2D eigenvalue weighted by Gasteiger charge is -2.11. The third kappa shape index (κ3) is 2.99. The number of fused-ring (bicyclic) bond motifs is 1. The summed E-state index contributed by atoms with van der Waals surface area (Å²) >= 11 is 0. The summed E-state index contributed by atoms with van der Waals surface area (Å²) < 4.78 is 1.96. The van der Waals surface area contributed by atoms with E-state index in [2.05, 4.69) is 28.1 Å². The van der Waals surface area contributed by atoms with Crippen LogP contribution in [0.2, 0.25) is 0 Å². The molecule has 0 atom stereocenters. The number of H-pyrrole nitrogens is 1. The minimum absolute atomic E-state index is 0.0138. The highest BCUT2D eigenvalue weighted by molar-refractivity contribution is 5.97. The molecule has 3 aromatic heterocycles. The highest BCUT2D eigenvalue weighted by Gasteiger charge is 2.13. The average molecular weight is 359 g/mol. The summed E-state index contributed by atoms with van der Waals surface area (Å²) in [6, 6.07) is 11.8. The Morgan fingerprint density at radius 2 is 2.04 bits per heavy atom. The zero-order valence-corrected chi connectivity index (χ0v) is 15.6. The lowest BCUT2D eigenvalue weighted by Crippen LogP contribution is -2.21. The summed E-state index contributed by atoms with van der Waals surface area (Å²) in [5.41, 5.74) is 5.56. The second kappa shape index (κ2) is 6.72. The Hall–Kier alpha value is -3.41. The standard InChI is InChI=1S/C21H21N5O/c1-4-26-19(8-9-24-26)18-13-23-20-17(18)11-16(12-22-20)14-6-5-7-15(10-14)21(27)25(2)3/h5-13H,4H2,1-3H3,(H,22,23). The molecule has 0 aliphatic rings. The van der Waals surface area contributed by atoms with Crippen molar-refractivity contribution in [3.8, 4) is 22.4 Å². The molecule has 4 aromatic rings. The largest absolute Gasteiger partial charge is 0.345 e. The SMILES string of the molecule is CCn1nccc1-c1c[nH]c2ncc(-c3cccc(C(=O)N(C)C)c3)cc12. The van der Waals surface area contributed by atoms with Gasteiger partial charge in [0.1, 0.15) is 5.65 Å². The number of benzene rings is 1. The molecule has 1 N–H and O–H groups in total. The van der Waals surface area contributed by atoms with Gasteiger partial charge in [0.15, 0.2) is 0 Å². The van der Waals surface area contributed by atoms with Crippen molar-refractivity contribution < 1.29 is 4.79 Å². The average Bonchev–Trinajstić information content (AvgIpc) is 3.32. The number of hydrogen-bond acceptors (Lipinski definition) is 3. The third-order valence-electron chi connectivity index (χ3n) is 4.67. The van der Waals surface area contributed by atoms with Crippen molar-refractivity contribution in [2.24, 2.45) is 0 Å². The fraction of sp³-hybridized carbons (Fsp3) is 0.190. The first-order valence-electron chi connectivity index (χ1n) is 8.90. The first kappa shape index (κ1) is 17.0. The molecule has 0 saturated carbocycles. The maximum Gasteiger partial charge on any atom is 0.253 e. The van der Waals surface area contributed by atoms with Gasteiger partial charge in [-0.3, -0.25) is 9.48 Å². The summed E-state index contributed by atoms with van der Waals surface area (Å²) in [5, 5.41) is 5.40. The summed E-state index contributed by atoms with van der Waals surface area (Å²) in [4.78, 5) is 21.7. The van der Waals surface area contributed by atoms with E-state index in [1.807, 2.05) is 53.6 Å². The third-order valence-corrected chi connectivity index (χ3v) is 4.67. The minimum atomic E-state index is -0.0138. The maximum absolute atomic E-state index is 12.3.